The minimum atomic E-state index is -4.49. The number of carbonyl (C=O) groups is 1. The Labute approximate surface area is 133 Å². The van der Waals surface area contributed by atoms with Gasteiger partial charge >= 0.3 is 5.97 Å². The Kier molecular flexibility index (Phi) is 8.69. The van der Waals surface area contributed by atoms with Crippen LogP contribution >= 0.6 is 0 Å². The molecule has 1 aliphatic rings. The van der Waals surface area contributed by atoms with Crippen LogP contribution in [-0.2, 0) is 14.9 Å². The van der Waals surface area contributed by atoms with Crippen LogP contribution in [0.15, 0.2) is 0 Å². The van der Waals surface area contributed by atoms with Gasteiger partial charge in [-0.15, -0.1) is 0 Å². The Morgan fingerprint density at radius 1 is 1.07 bits per heavy atom. The molecule has 8 heteroatoms. The molecule has 0 aromatic carbocycles. The van der Waals surface area contributed by atoms with Crippen molar-refractivity contribution in [3.63, 3.8) is 0 Å². The predicted molar refractivity (Wildman–Crippen MR) is 56.5 cm³/mol. The molecule has 15 heavy (non-hydrogen) atoms. The average molecular weight is 254 g/mol. The van der Waals surface area contributed by atoms with Gasteiger partial charge in [0.2, 0.25) is 0 Å². The summed E-state index contributed by atoms with van der Waals surface area (Å²) in [5.41, 5.74) is 0. The Morgan fingerprint density at radius 3 is 1.67 bits per heavy atom. The molecule has 0 heterocycles. The van der Waals surface area contributed by atoms with Crippen LogP contribution < -0.4 is 0 Å². The van der Waals surface area contributed by atoms with Gasteiger partial charge in [-0.3, -0.25) is 9.35 Å². The fraction of sp³-hybridized carbons (Fsp3) is 0.857. The standard InChI is InChI=1S/C7H12O5S.2Na/c8-6(9)7(13(10,11)12)4-2-1-3-5-7;;/h1-5H2,(H,8,9)(H,10,11,12);;. The Morgan fingerprint density at radius 2 is 1.47 bits per heavy atom. The second-order valence-electron chi connectivity index (χ2n) is 3.34. The zero-order valence-electron chi connectivity index (χ0n) is 9.06. The Balaban J connectivity index is 0. The van der Waals surface area contributed by atoms with Crippen molar-refractivity contribution in [2.45, 2.75) is 36.9 Å². The monoisotopic (exact) mass is 254 g/mol. The first kappa shape index (κ1) is 18.7. The third kappa shape index (κ3) is 3.96. The SMILES string of the molecule is O=C(O)C1(S(=O)(=O)O)CCCCC1.[Na].[Na]. The maximum absolute atomic E-state index is 10.9. The molecule has 0 aliphatic heterocycles. The molecular formula is C7H12Na2O5S. The van der Waals surface area contributed by atoms with Crippen LogP contribution in [0.3, 0.4) is 0 Å². The van der Waals surface area contributed by atoms with Crippen LogP contribution in [0.4, 0.5) is 0 Å². The molecule has 0 aromatic heterocycles. The normalized spacial score (nSPS) is 19.5. The Hall–Kier alpha value is 1.38. The smallest absolute Gasteiger partial charge is 0.327 e. The number of carboxylic acid groups (broad SMARTS) is 1. The van der Waals surface area contributed by atoms with Gasteiger partial charge < -0.3 is 5.11 Å². The van der Waals surface area contributed by atoms with E-state index in [1.165, 1.54) is 0 Å². The van der Waals surface area contributed by atoms with Crippen LogP contribution in [0.5, 0.6) is 0 Å². The van der Waals surface area contributed by atoms with E-state index in [1.807, 2.05) is 0 Å². The molecular weight excluding hydrogens is 242 g/mol. The predicted octanol–water partition coefficient (Wildman–Crippen LogP) is -0.0999. The van der Waals surface area contributed by atoms with Crippen LogP contribution in [0.2, 0.25) is 0 Å². The van der Waals surface area contributed by atoms with Crippen molar-refractivity contribution in [2.75, 3.05) is 0 Å². The molecule has 5 nitrogen and oxygen atoms in total. The number of carboxylic acids is 1. The fourth-order valence-corrected chi connectivity index (χ4v) is 2.73. The first-order valence-corrected chi connectivity index (χ1v) is 5.54. The maximum Gasteiger partial charge on any atom is 0.327 e. The molecule has 0 amide bonds. The van der Waals surface area contributed by atoms with Crippen molar-refractivity contribution in [2.24, 2.45) is 0 Å². The van der Waals surface area contributed by atoms with E-state index < -0.39 is 20.8 Å². The topological polar surface area (TPSA) is 91.7 Å². The molecule has 0 spiro atoms. The van der Waals surface area contributed by atoms with Crippen LogP contribution in [-0.4, -0.2) is 87.9 Å². The van der Waals surface area contributed by atoms with E-state index in [4.69, 9.17) is 9.66 Å². The van der Waals surface area contributed by atoms with Gasteiger partial charge in [-0.2, -0.15) is 8.42 Å². The molecule has 1 rings (SSSR count). The minimum absolute atomic E-state index is 0. The summed E-state index contributed by atoms with van der Waals surface area (Å²) in [4.78, 5) is 10.8. The summed E-state index contributed by atoms with van der Waals surface area (Å²) in [6.45, 7) is 0. The molecule has 0 aromatic rings. The molecule has 2 radical (unpaired) electrons. The summed E-state index contributed by atoms with van der Waals surface area (Å²) in [6.07, 6.45) is 1.92. The molecule has 0 unspecified atom stereocenters. The molecule has 1 fully saturated rings. The van der Waals surface area contributed by atoms with E-state index in [1.54, 1.807) is 0 Å². The zero-order valence-corrected chi connectivity index (χ0v) is 13.9. The quantitative estimate of drug-likeness (QED) is 0.530. The van der Waals surface area contributed by atoms with E-state index in [0.717, 1.165) is 6.42 Å². The average Bonchev–Trinajstić information content (AvgIpc) is 2.03. The van der Waals surface area contributed by atoms with Gasteiger partial charge in [0.1, 0.15) is 0 Å². The van der Waals surface area contributed by atoms with E-state index in [-0.39, 0.29) is 72.0 Å². The Bertz CT molecular complexity index is 307. The molecule has 0 atom stereocenters. The summed E-state index contributed by atoms with van der Waals surface area (Å²) < 4.78 is 28.8. The third-order valence-corrected chi connectivity index (χ3v) is 4.12. The van der Waals surface area contributed by atoms with Crippen molar-refractivity contribution in [3.8, 4) is 0 Å². The summed E-state index contributed by atoms with van der Waals surface area (Å²) in [7, 11) is -4.49. The largest absolute Gasteiger partial charge is 0.480 e. The molecule has 0 bridgehead atoms. The molecule has 1 aliphatic carbocycles. The summed E-state index contributed by atoms with van der Waals surface area (Å²) in [5.74, 6) is -1.44. The third-order valence-electron chi connectivity index (χ3n) is 2.54. The van der Waals surface area contributed by atoms with Gasteiger partial charge in [-0.25, -0.2) is 0 Å². The second kappa shape index (κ2) is 6.96. The first-order chi connectivity index (χ1) is 5.90. The number of hydrogen-bond donors (Lipinski definition) is 2. The molecule has 1 saturated carbocycles. The fourth-order valence-electron chi connectivity index (χ4n) is 1.71. The summed E-state index contributed by atoms with van der Waals surface area (Å²) in [6, 6.07) is 0. The zero-order chi connectivity index (χ0) is 10.1. The van der Waals surface area contributed by atoms with E-state index in [0.29, 0.717) is 12.8 Å². The molecule has 2 N–H and O–H groups in total. The number of rotatable bonds is 2. The van der Waals surface area contributed by atoms with E-state index in [2.05, 4.69) is 0 Å². The van der Waals surface area contributed by atoms with Crippen LogP contribution in [0.1, 0.15) is 32.1 Å². The maximum atomic E-state index is 10.9. The van der Waals surface area contributed by atoms with Crippen molar-refractivity contribution in [1.82, 2.24) is 0 Å². The van der Waals surface area contributed by atoms with Gasteiger partial charge in [0.15, 0.2) is 4.75 Å². The van der Waals surface area contributed by atoms with Crippen molar-refractivity contribution in [1.29, 1.82) is 0 Å². The van der Waals surface area contributed by atoms with Gasteiger partial charge in [0.05, 0.1) is 0 Å². The second-order valence-corrected chi connectivity index (χ2v) is 5.07. The van der Waals surface area contributed by atoms with E-state index >= 15 is 0 Å². The van der Waals surface area contributed by atoms with Crippen molar-refractivity contribution < 1.29 is 22.9 Å². The van der Waals surface area contributed by atoms with Crippen molar-refractivity contribution >= 4 is 75.2 Å². The van der Waals surface area contributed by atoms with Crippen LogP contribution in [0.25, 0.3) is 0 Å². The first-order valence-electron chi connectivity index (χ1n) is 4.10. The number of hydrogen-bond acceptors (Lipinski definition) is 3. The molecule has 0 saturated heterocycles. The van der Waals surface area contributed by atoms with Gasteiger partial charge in [0.25, 0.3) is 10.1 Å². The van der Waals surface area contributed by atoms with Crippen molar-refractivity contribution in [3.05, 3.63) is 0 Å². The summed E-state index contributed by atoms with van der Waals surface area (Å²) >= 11 is 0. The summed E-state index contributed by atoms with van der Waals surface area (Å²) in [5, 5.41) is 8.79. The van der Waals surface area contributed by atoms with Crippen LogP contribution in [0, 0.1) is 0 Å². The van der Waals surface area contributed by atoms with Gasteiger partial charge in [0, 0.05) is 59.1 Å². The van der Waals surface area contributed by atoms with Gasteiger partial charge in [-0.05, 0) is 12.8 Å². The molecule has 78 valence electrons. The van der Waals surface area contributed by atoms with E-state index in [9.17, 15) is 13.2 Å². The number of aliphatic carboxylic acids is 1. The van der Waals surface area contributed by atoms with Gasteiger partial charge in [-0.1, -0.05) is 19.3 Å². The minimum Gasteiger partial charge on any atom is -0.480 e.